The number of rotatable bonds is 4. The molecule has 130 valence electrons. The van der Waals surface area contributed by atoms with Crippen LogP contribution in [0.1, 0.15) is 22.8 Å². The first-order valence-corrected chi connectivity index (χ1v) is 9.55. The average Bonchev–Trinajstić information content (AvgIpc) is 3.35. The van der Waals surface area contributed by atoms with Crippen molar-refractivity contribution >= 4 is 39.0 Å². The lowest BCUT2D eigenvalue weighted by atomic mass is 10.2. The zero-order valence-corrected chi connectivity index (χ0v) is 15.3. The number of aryl methyl sites for hydroxylation is 2. The van der Waals surface area contributed by atoms with E-state index in [1.165, 1.54) is 16.9 Å². The molecule has 3 aromatic heterocycles. The van der Waals surface area contributed by atoms with Crippen molar-refractivity contribution in [1.29, 1.82) is 0 Å². The van der Waals surface area contributed by atoms with Gasteiger partial charge in [0.15, 0.2) is 0 Å². The smallest absolute Gasteiger partial charge is 0.246 e. The molecule has 3 heterocycles. The van der Waals surface area contributed by atoms with Gasteiger partial charge in [-0.05, 0) is 37.0 Å². The fraction of sp³-hybridized carbons (Fsp3) is 0.222. The maximum Gasteiger partial charge on any atom is 0.246 e. The lowest BCUT2D eigenvalue weighted by Crippen LogP contribution is -2.03. The molecule has 1 aromatic carbocycles. The predicted molar refractivity (Wildman–Crippen MR) is 102 cm³/mol. The summed E-state index contributed by atoms with van der Waals surface area (Å²) in [6.45, 7) is 0.407. The number of fused-ring (bicyclic) bond motifs is 3. The van der Waals surface area contributed by atoms with Gasteiger partial charge < -0.3 is 9.84 Å². The van der Waals surface area contributed by atoms with Crippen LogP contribution in [0.4, 0.5) is 5.82 Å². The fourth-order valence-electron chi connectivity index (χ4n) is 3.29. The number of benzene rings is 1. The van der Waals surface area contributed by atoms with Crippen LogP contribution in [0.3, 0.4) is 0 Å². The molecule has 0 aliphatic heterocycles. The van der Waals surface area contributed by atoms with Gasteiger partial charge in [0.2, 0.25) is 11.7 Å². The third-order valence-electron chi connectivity index (χ3n) is 4.46. The highest BCUT2D eigenvalue weighted by atomic mass is 35.5. The molecule has 0 radical (unpaired) electrons. The van der Waals surface area contributed by atoms with E-state index in [9.17, 15) is 0 Å². The fourth-order valence-corrected chi connectivity index (χ4v) is 4.71. The highest BCUT2D eigenvalue weighted by Gasteiger charge is 2.21. The van der Waals surface area contributed by atoms with E-state index >= 15 is 0 Å². The summed E-state index contributed by atoms with van der Waals surface area (Å²) in [5, 5.41) is 9.14. The Bertz CT molecular complexity index is 1110. The van der Waals surface area contributed by atoms with Gasteiger partial charge in [0, 0.05) is 15.5 Å². The van der Waals surface area contributed by atoms with Crippen molar-refractivity contribution in [2.75, 3.05) is 5.32 Å². The lowest BCUT2D eigenvalue weighted by Gasteiger charge is -2.05. The summed E-state index contributed by atoms with van der Waals surface area (Å²) in [7, 11) is 0. The molecule has 0 saturated carbocycles. The van der Waals surface area contributed by atoms with E-state index < -0.39 is 0 Å². The predicted octanol–water partition coefficient (Wildman–Crippen LogP) is 4.50. The normalized spacial score (nSPS) is 13.3. The first-order valence-electron chi connectivity index (χ1n) is 8.35. The Hall–Kier alpha value is -2.51. The van der Waals surface area contributed by atoms with Crippen molar-refractivity contribution in [1.82, 2.24) is 20.1 Å². The minimum Gasteiger partial charge on any atom is -0.360 e. The third-order valence-corrected chi connectivity index (χ3v) is 5.89. The van der Waals surface area contributed by atoms with Crippen LogP contribution in [0, 0.1) is 0 Å². The molecular formula is C18H14ClN5OS. The van der Waals surface area contributed by atoms with Crippen molar-refractivity contribution in [2.24, 2.45) is 0 Å². The van der Waals surface area contributed by atoms with E-state index in [2.05, 4.69) is 25.4 Å². The highest BCUT2D eigenvalue weighted by Crippen LogP contribution is 2.39. The second-order valence-electron chi connectivity index (χ2n) is 6.14. The van der Waals surface area contributed by atoms with Gasteiger partial charge in [0.25, 0.3) is 0 Å². The lowest BCUT2D eigenvalue weighted by molar-refractivity contribution is 0.384. The minimum absolute atomic E-state index is 0.407. The number of nitrogens with one attached hydrogen (secondary N) is 1. The highest BCUT2D eigenvalue weighted by molar-refractivity contribution is 7.19. The molecule has 0 spiro atoms. The van der Waals surface area contributed by atoms with Gasteiger partial charge in [-0.15, -0.1) is 11.3 Å². The summed E-state index contributed by atoms with van der Waals surface area (Å²) in [5.41, 5.74) is 2.21. The molecule has 0 amide bonds. The van der Waals surface area contributed by atoms with E-state index in [-0.39, 0.29) is 0 Å². The quantitative estimate of drug-likeness (QED) is 0.559. The van der Waals surface area contributed by atoms with Crippen LogP contribution >= 0.6 is 22.9 Å². The second-order valence-corrected chi connectivity index (χ2v) is 7.66. The van der Waals surface area contributed by atoms with Crippen molar-refractivity contribution in [2.45, 2.75) is 25.8 Å². The van der Waals surface area contributed by atoms with E-state index in [1.54, 1.807) is 17.7 Å². The Morgan fingerprint density at radius 1 is 1.23 bits per heavy atom. The molecular weight excluding hydrogens is 370 g/mol. The van der Waals surface area contributed by atoms with E-state index in [0.717, 1.165) is 34.4 Å². The molecule has 5 rings (SSSR count). The number of hydrogen-bond acceptors (Lipinski definition) is 7. The Balaban J connectivity index is 1.40. The van der Waals surface area contributed by atoms with Crippen molar-refractivity contribution < 1.29 is 4.52 Å². The van der Waals surface area contributed by atoms with Gasteiger partial charge in [-0.25, -0.2) is 9.97 Å². The van der Waals surface area contributed by atoms with Gasteiger partial charge in [-0.3, -0.25) is 0 Å². The van der Waals surface area contributed by atoms with Crippen LogP contribution in [-0.2, 0) is 19.4 Å². The second kappa shape index (κ2) is 6.34. The first-order chi connectivity index (χ1) is 12.8. The topological polar surface area (TPSA) is 76.7 Å². The van der Waals surface area contributed by atoms with Gasteiger partial charge in [-0.1, -0.05) is 28.9 Å². The number of anilines is 1. The Kier molecular flexibility index (Phi) is 3.83. The standard InChI is InChI=1S/C18H14ClN5OS/c19-11-4-1-3-10(7-11)16-23-14(25-24-16)8-20-17-15-12-5-2-6-13(12)26-18(15)22-9-21-17/h1,3-4,7,9H,2,5-6,8H2,(H,20,21,22). The maximum atomic E-state index is 6.02. The molecule has 8 heteroatoms. The van der Waals surface area contributed by atoms with E-state index in [4.69, 9.17) is 16.1 Å². The summed E-state index contributed by atoms with van der Waals surface area (Å²) in [6.07, 6.45) is 5.04. The third kappa shape index (κ3) is 2.73. The summed E-state index contributed by atoms with van der Waals surface area (Å²) in [5.74, 6) is 1.85. The zero-order valence-electron chi connectivity index (χ0n) is 13.7. The molecule has 26 heavy (non-hydrogen) atoms. The molecule has 6 nitrogen and oxygen atoms in total. The van der Waals surface area contributed by atoms with Crippen molar-refractivity contribution in [3.63, 3.8) is 0 Å². The molecule has 1 aliphatic carbocycles. The molecule has 0 saturated heterocycles. The van der Waals surface area contributed by atoms with Gasteiger partial charge >= 0.3 is 0 Å². The number of thiophene rings is 1. The van der Waals surface area contributed by atoms with Crippen LogP contribution in [0.2, 0.25) is 5.02 Å². The molecule has 1 N–H and O–H groups in total. The van der Waals surface area contributed by atoms with Crippen LogP contribution in [0.5, 0.6) is 0 Å². The molecule has 4 aromatic rings. The van der Waals surface area contributed by atoms with Gasteiger partial charge in [-0.2, -0.15) is 4.98 Å². The Morgan fingerprint density at radius 2 is 2.19 bits per heavy atom. The average molecular weight is 384 g/mol. The molecule has 0 unspecified atom stereocenters. The summed E-state index contributed by atoms with van der Waals surface area (Å²) in [4.78, 5) is 15.8. The monoisotopic (exact) mass is 383 g/mol. The Morgan fingerprint density at radius 3 is 3.12 bits per heavy atom. The molecule has 0 atom stereocenters. The van der Waals surface area contributed by atoms with Crippen LogP contribution in [0.15, 0.2) is 35.1 Å². The minimum atomic E-state index is 0.407. The molecule has 1 aliphatic rings. The summed E-state index contributed by atoms with van der Waals surface area (Å²) in [6, 6.07) is 7.39. The number of nitrogens with zero attached hydrogens (tertiary/aromatic N) is 4. The number of aromatic nitrogens is 4. The maximum absolute atomic E-state index is 6.02. The van der Waals surface area contributed by atoms with Crippen LogP contribution in [-0.4, -0.2) is 20.1 Å². The molecule has 0 bridgehead atoms. The summed E-state index contributed by atoms with van der Waals surface area (Å²) < 4.78 is 5.36. The van der Waals surface area contributed by atoms with Crippen LogP contribution in [0.25, 0.3) is 21.6 Å². The van der Waals surface area contributed by atoms with Gasteiger partial charge in [0.05, 0.1) is 11.9 Å². The summed E-state index contributed by atoms with van der Waals surface area (Å²) >= 11 is 7.79. The Labute approximate surface area is 158 Å². The largest absolute Gasteiger partial charge is 0.360 e. The van der Waals surface area contributed by atoms with Gasteiger partial charge in [0.1, 0.15) is 17.0 Å². The van der Waals surface area contributed by atoms with Crippen LogP contribution < -0.4 is 5.32 Å². The van der Waals surface area contributed by atoms with E-state index in [1.807, 2.05) is 24.3 Å². The van der Waals surface area contributed by atoms with Crippen molar-refractivity contribution in [3.8, 4) is 11.4 Å². The molecule has 0 fully saturated rings. The first kappa shape index (κ1) is 15.7. The zero-order chi connectivity index (χ0) is 17.5. The number of halogens is 1. The van der Waals surface area contributed by atoms with E-state index in [0.29, 0.717) is 23.3 Å². The SMILES string of the molecule is Clc1cccc(-c2noc(CNc3ncnc4sc5c(c34)CCC5)n2)c1. The van der Waals surface area contributed by atoms with Crippen molar-refractivity contribution in [3.05, 3.63) is 51.9 Å². The number of hydrogen-bond donors (Lipinski definition) is 1.